The Morgan fingerprint density at radius 1 is 1.42 bits per heavy atom. The molecule has 5 nitrogen and oxygen atoms in total. The highest BCUT2D eigenvalue weighted by atomic mass is 35.5. The number of nitrogens with one attached hydrogen (secondary N) is 1. The van der Waals surface area contributed by atoms with Crippen LogP contribution in [0.15, 0.2) is 9.59 Å². The minimum absolute atomic E-state index is 0.132. The first-order chi connectivity index (χ1) is 9.08. The minimum atomic E-state index is -0.436. The second-order valence-electron chi connectivity index (χ2n) is 4.86. The molecule has 0 aliphatic carbocycles. The highest BCUT2D eigenvalue weighted by Crippen LogP contribution is 2.24. The molecule has 0 amide bonds. The molecule has 19 heavy (non-hydrogen) atoms. The normalized spacial score (nSPS) is 22.9. The summed E-state index contributed by atoms with van der Waals surface area (Å²) in [5.41, 5.74) is -0.250. The molecular formula is C13H19ClN2O3. The van der Waals surface area contributed by atoms with Gasteiger partial charge >= 0.3 is 5.69 Å². The van der Waals surface area contributed by atoms with E-state index < -0.39 is 5.69 Å². The molecule has 0 aromatic carbocycles. The number of nitrogens with zero attached hydrogens (tertiary/aromatic N) is 1. The standard InChI is InChI=1S/C13H19ClN2O3/c1-3-9-11(14)15-13(18)16(12(9)17)7-8-5-6-19-10(8)4-2/h8,10H,3-7H2,1-2H3,(H,15,18). The quantitative estimate of drug-likeness (QED) is 0.855. The maximum absolute atomic E-state index is 12.2. The Morgan fingerprint density at radius 3 is 2.79 bits per heavy atom. The topological polar surface area (TPSA) is 64.1 Å². The molecule has 2 unspecified atom stereocenters. The lowest BCUT2D eigenvalue weighted by molar-refractivity contribution is 0.0829. The van der Waals surface area contributed by atoms with Crippen LogP contribution in [0, 0.1) is 5.92 Å². The zero-order chi connectivity index (χ0) is 14.0. The van der Waals surface area contributed by atoms with Crippen molar-refractivity contribution in [2.75, 3.05) is 6.61 Å². The molecule has 0 radical (unpaired) electrons. The molecule has 2 atom stereocenters. The lowest BCUT2D eigenvalue weighted by Gasteiger charge is -2.17. The third-order valence-corrected chi connectivity index (χ3v) is 4.07. The largest absolute Gasteiger partial charge is 0.378 e. The first kappa shape index (κ1) is 14.3. The van der Waals surface area contributed by atoms with Crippen LogP contribution in [-0.2, 0) is 17.7 Å². The van der Waals surface area contributed by atoms with Crippen molar-refractivity contribution in [1.82, 2.24) is 9.55 Å². The van der Waals surface area contributed by atoms with E-state index >= 15 is 0 Å². The first-order valence-electron chi connectivity index (χ1n) is 6.71. The summed E-state index contributed by atoms with van der Waals surface area (Å²) in [5, 5.41) is 0.156. The smallest absolute Gasteiger partial charge is 0.329 e. The summed E-state index contributed by atoms with van der Waals surface area (Å²) >= 11 is 5.89. The van der Waals surface area contributed by atoms with Crippen molar-refractivity contribution in [2.24, 2.45) is 5.92 Å². The van der Waals surface area contributed by atoms with Gasteiger partial charge in [-0.2, -0.15) is 0 Å². The Labute approximate surface area is 116 Å². The van der Waals surface area contributed by atoms with E-state index in [0.29, 0.717) is 25.1 Å². The van der Waals surface area contributed by atoms with Gasteiger partial charge in [0.05, 0.1) is 11.7 Å². The van der Waals surface area contributed by atoms with Gasteiger partial charge in [0, 0.05) is 19.1 Å². The summed E-state index contributed by atoms with van der Waals surface area (Å²) in [5.74, 6) is 0.217. The second kappa shape index (κ2) is 5.92. The molecule has 0 bridgehead atoms. The summed E-state index contributed by atoms with van der Waals surface area (Å²) in [6.45, 7) is 5.00. The van der Waals surface area contributed by atoms with Crippen molar-refractivity contribution in [3.05, 3.63) is 31.6 Å². The predicted octanol–water partition coefficient (Wildman–Crippen LogP) is 1.57. The fourth-order valence-electron chi connectivity index (χ4n) is 2.65. The average molecular weight is 287 g/mol. The van der Waals surface area contributed by atoms with Gasteiger partial charge in [-0.05, 0) is 19.3 Å². The fraction of sp³-hybridized carbons (Fsp3) is 0.692. The van der Waals surface area contributed by atoms with E-state index in [4.69, 9.17) is 16.3 Å². The SMILES string of the molecule is CCc1c(Cl)[nH]c(=O)n(CC2CCOC2CC)c1=O. The number of aromatic nitrogens is 2. The molecule has 0 saturated carbocycles. The zero-order valence-corrected chi connectivity index (χ0v) is 12.0. The molecule has 1 aliphatic heterocycles. The summed E-state index contributed by atoms with van der Waals surface area (Å²) < 4.78 is 6.85. The number of halogens is 1. The van der Waals surface area contributed by atoms with E-state index in [2.05, 4.69) is 11.9 Å². The van der Waals surface area contributed by atoms with E-state index in [1.54, 1.807) is 0 Å². The van der Waals surface area contributed by atoms with E-state index in [1.807, 2.05) is 6.92 Å². The van der Waals surface area contributed by atoms with Gasteiger partial charge in [0.1, 0.15) is 5.15 Å². The molecule has 1 aromatic heterocycles. The molecular weight excluding hydrogens is 268 g/mol. The lowest BCUT2D eigenvalue weighted by Crippen LogP contribution is -2.40. The third-order valence-electron chi connectivity index (χ3n) is 3.75. The molecule has 0 spiro atoms. The van der Waals surface area contributed by atoms with Crippen molar-refractivity contribution >= 4 is 11.6 Å². The van der Waals surface area contributed by atoms with Crippen LogP contribution in [0.1, 0.15) is 32.3 Å². The maximum atomic E-state index is 12.2. The average Bonchev–Trinajstić information content (AvgIpc) is 2.82. The Hall–Kier alpha value is -1.07. The second-order valence-corrected chi connectivity index (χ2v) is 5.24. The van der Waals surface area contributed by atoms with Crippen LogP contribution in [0.3, 0.4) is 0 Å². The molecule has 1 fully saturated rings. The Kier molecular flexibility index (Phi) is 4.47. The van der Waals surface area contributed by atoms with Crippen molar-refractivity contribution in [3.8, 4) is 0 Å². The van der Waals surface area contributed by atoms with E-state index in [1.165, 1.54) is 4.57 Å². The predicted molar refractivity (Wildman–Crippen MR) is 73.8 cm³/mol. The van der Waals surface area contributed by atoms with Gasteiger partial charge in [0.2, 0.25) is 0 Å². The Bertz CT molecular complexity index is 564. The molecule has 1 aromatic rings. The number of hydrogen-bond acceptors (Lipinski definition) is 3. The highest BCUT2D eigenvalue weighted by Gasteiger charge is 2.28. The van der Waals surface area contributed by atoms with Crippen LogP contribution in [-0.4, -0.2) is 22.3 Å². The molecule has 6 heteroatoms. The minimum Gasteiger partial charge on any atom is -0.378 e. The van der Waals surface area contributed by atoms with E-state index in [9.17, 15) is 9.59 Å². The van der Waals surface area contributed by atoms with E-state index in [0.717, 1.165) is 12.8 Å². The highest BCUT2D eigenvalue weighted by molar-refractivity contribution is 6.30. The molecule has 1 N–H and O–H groups in total. The zero-order valence-electron chi connectivity index (χ0n) is 11.2. The van der Waals surface area contributed by atoms with Gasteiger partial charge in [0.25, 0.3) is 5.56 Å². The van der Waals surface area contributed by atoms with Crippen LogP contribution in [0.25, 0.3) is 0 Å². The summed E-state index contributed by atoms with van der Waals surface area (Å²) in [7, 11) is 0. The summed E-state index contributed by atoms with van der Waals surface area (Å²) in [6.07, 6.45) is 2.42. The number of H-pyrrole nitrogens is 1. The fourth-order valence-corrected chi connectivity index (χ4v) is 2.94. The summed E-state index contributed by atoms with van der Waals surface area (Å²) in [6, 6.07) is 0. The maximum Gasteiger partial charge on any atom is 0.329 e. The molecule has 2 rings (SSSR count). The van der Waals surface area contributed by atoms with Crippen molar-refractivity contribution in [3.63, 3.8) is 0 Å². The van der Waals surface area contributed by atoms with Gasteiger partial charge in [0.15, 0.2) is 0 Å². The summed E-state index contributed by atoms with van der Waals surface area (Å²) in [4.78, 5) is 26.7. The van der Waals surface area contributed by atoms with Gasteiger partial charge < -0.3 is 4.74 Å². The van der Waals surface area contributed by atoms with Gasteiger partial charge in [-0.25, -0.2) is 4.79 Å². The van der Waals surface area contributed by atoms with Crippen LogP contribution >= 0.6 is 11.6 Å². The Morgan fingerprint density at radius 2 is 2.16 bits per heavy atom. The molecule has 106 valence electrons. The van der Waals surface area contributed by atoms with Crippen LogP contribution < -0.4 is 11.2 Å². The van der Waals surface area contributed by atoms with Crippen LogP contribution in [0.2, 0.25) is 5.15 Å². The van der Waals surface area contributed by atoms with Crippen LogP contribution in [0.5, 0.6) is 0 Å². The van der Waals surface area contributed by atoms with Crippen molar-refractivity contribution in [1.29, 1.82) is 0 Å². The molecule has 2 heterocycles. The van der Waals surface area contributed by atoms with Gasteiger partial charge in [-0.1, -0.05) is 25.4 Å². The van der Waals surface area contributed by atoms with Crippen LogP contribution in [0.4, 0.5) is 0 Å². The first-order valence-corrected chi connectivity index (χ1v) is 7.09. The lowest BCUT2D eigenvalue weighted by atomic mass is 9.99. The van der Waals surface area contributed by atoms with Crippen molar-refractivity contribution < 1.29 is 4.74 Å². The molecule has 1 saturated heterocycles. The molecule has 1 aliphatic rings. The number of hydrogen-bond donors (Lipinski definition) is 1. The van der Waals surface area contributed by atoms with Gasteiger partial charge in [-0.15, -0.1) is 0 Å². The van der Waals surface area contributed by atoms with Crippen molar-refractivity contribution in [2.45, 2.75) is 45.8 Å². The third kappa shape index (κ3) is 2.77. The van der Waals surface area contributed by atoms with Gasteiger partial charge in [-0.3, -0.25) is 14.3 Å². The monoisotopic (exact) mass is 286 g/mol. The number of ether oxygens (including phenoxy) is 1. The number of aromatic amines is 1. The number of rotatable bonds is 4. The Balaban J connectivity index is 2.35. The van der Waals surface area contributed by atoms with E-state index in [-0.39, 0.29) is 22.7 Å².